The van der Waals surface area contributed by atoms with Crippen molar-refractivity contribution < 1.29 is 18.6 Å². The Morgan fingerprint density at radius 1 is 1.38 bits per heavy atom. The Bertz CT molecular complexity index is 373. The zero-order valence-electron chi connectivity index (χ0n) is 9.46. The van der Waals surface area contributed by atoms with Crippen molar-refractivity contribution in [2.45, 2.75) is 19.6 Å². The molecule has 0 amide bonds. The van der Waals surface area contributed by atoms with Gasteiger partial charge < -0.3 is 14.2 Å². The van der Waals surface area contributed by atoms with Gasteiger partial charge >= 0.3 is 0 Å². The Hall–Kier alpha value is -1.13. The van der Waals surface area contributed by atoms with Crippen molar-refractivity contribution in [3.05, 3.63) is 29.6 Å². The van der Waals surface area contributed by atoms with Gasteiger partial charge in [-0.15, -0.1) is 0 Å². The third kappa shape index (κ3) is 2.03. The van der Waals surface area contributed by atoms with Gasteiger partial charge in [-0.25, -0.2) is 4.39 Å². The minimum atomic E-state index is -0.821. The highest BCUT2D eigenvalue weighted by Crippen LogP contribution is 2.37. The monoisotopic (exact) mass is 226 g/mol. The van der Waals surface area contributed by atoms with Crippen LogP contribution in [0.1, 0.15) is 19.4 Å². The third-order valence-electron chi connectivity index (χ3n) is 2.57. The van der Waals surface area contributed by atoms with Crippen LogP contribution in [-0.4, -0.2) is 19.8 Å². The van der Waals surface area contributed by atoms with Crippen LogP contribution in [0, 0.1) is 5.82 Å². The predicted octanol–water partition coefficient (Wildman–Crippen LogP) is 2.44. The molecule has 0 unspecified atom stereocenters. The minimum absolute atomic E-state index is 0.325. The molecule has 4 heteroatoms. The van der Waals surface area contributed by atoms with Gasteiger partial charge in [0.05, 0.1) is 25.4 Å². The van der Waals surface area contributed by atoms with Gasteiger partial charge in [0, 0.05) is 6.07 Å². The Balaban J connectivity index is 2.38. The van der Waals surface area contributed by atoms with Crippen LogP contribution in [-0.2, 0) is 15.3 Å². The van der Waals surface area contributed by atoms with Crippen LogP contribution in [0.4, 0.5) is 4.39 Å². The summed E-state index contributed by atoms with van der Waals surface area (Å²) in [6.07, 6.45) is 0. The summed E-state index contributed by atoms with van der Waals surface area (Å²) in [6.45, 7) is 5.23. The molecule has 1 aliphatic rings. The number of hydrogen-bond acceptors (Lipinski definition) is 3. The largest absolute Gasteiger partial charge is 0.493 e. The molecule has 16 heavy (non-hydrogen) atoms. The van der Waals surface area contributed by atoms with E-state index in [0.717, 1.165) is 5.56 Å². The lowest BCUT2D eigenvalue weighted by Crippen LogP contribution is -2.23. The smallest absolute Gasteiger partial charge is 0.195 e. The highest BCUT2D eigenvalue weighted by atomic mass is 19.1. The fourth-order valence-electron chi connectivity index (χ4n) is 1.82. The normalized spacial score (nSPS) is 18.7. The maximum Gasteiger partial charge on any atom is 0.195 e. The summed E-state index contributed by atoms with van der Waals surface area (Å²) in [5, 5.41) is 0. The fraction of sp³-hybridized carbons (Fsp3) is 0.500. The molecule has 0 saturated carbocycles. The lowest BCUT2D eigenvalue weighted by Gasteiger charge is -2.25. The maximum atomic E-state index is 13.1. The molecule has 1 aromatic carbocycles. The summed E-state index contributed by atoms with van der Waals surface area (Å²) in [7, 11) is 0. The van der Waals surface area contributed by atoms with E-state index < -0.39 is 5.79 Å². The van der Waals surface area contributed by atoms with Crippen molar-refractivity contribution in [2.75, 3.05) is 19.8 Å². The molecule has 0 atom stereocenters. The summed E-state index contributed by atoms with van der Waals surface area (Å²) in [5.74, 6) is -0.668. The van der Waals surface area contributed by atoms with E-state index in [1.54, 1.807) is 6.07 Å². The first-order valence-corrected chi connectivity index (χ1v) is 5.36. The van der Waals surface area contributed by atoms with E-state index in [1.807, 2.05) is 13.8 Å². The lowest BCUT2D eigenvalue weighted by atomic mass is 10.1. The second-order valence-corrected chi connectivity index (χ2v) is 3.72. The molecular formula is C12H15FO3. The Kier molecular flexibility index (Phi) is 3.12. The molecule has 0 radical (unpaired) electrons. The Labute approximate surface area is 94.1 Å². The molecule has 1 aromatic rings. The van der Waals surface area contributed by atoms with Gasteiger partial charge in [-0.05, 0) is 26.0 Å². The van der Waals surface area contributed by atoms with Crippen molar-refractivity contribution in [1.82, 2.24) is 0 Å². The molecule has 2 rings (SSSR count). The Morgan fingerprint density at radius 2 is 2.06 bits per heavy atom. The van der Waals surface area contributed by atoms with Crippen LogP contribution < -0.4 is 4.74 Å². The van der Waals surface area contributed by atoms with Crippen LogP contribution in [0.5, 0.6) is 5.75 Å². The van der Waals surface area contributed by atoms with Crippen molar-refractivity contribution in [3.8, 4) is 5.75 Å². The number of halogens is 1. The predicted molar refractivity (Wildman–Crippen MR) is 56.8 cm³/mol. The quantitative estimate of drug-likeness (QED) is 0.792. The summed E-state index contributed by atoms with van der Waals surface area (Å²) in [6, 6.07) is 4.38. The van der Waals surface area contributed by atoms with Gasteiger partial charge in [-0.1, -0.05) is 0 Å². The maximum absolute atomic E-state index is 13.1. The molecule has 1 aliphatic heterocycles. The van der Waals surface area contributed by atoms with Crippen LogP contribution in [0.3, 0.4) is 0 Å². The molecule has 0 aromatic heterocycles. The molecule has 0 aliphatic carbocycles. The number of ether oxygens (including phenoxy) is 3. The zero-order valence-corrected chi connectivity index (χ0v) is 9.46. The van der Waals surface area contributed by atoms with Gasteiger partial charge in [-0.3, -0.25) is 0 Å². The first-order valence-electron chi connectivity index (χ1n) is 5.36. The first-order chi connectivity index (χ1) is 7.65. The highest BCUT2D eigenvalue weighted by Gasteiger charge is 2.35. The second kappa shape index (κ2) is 4.39. The van der Waals surface area contributed by atoms with Crippen molar-refractivity contribution >= 4 is 0 Å². The van der Waals surface area contributed by atoms with E-state index >= 15 is 0 Å². The van der Waals surface area contributed by atoms with Crippen molar-refractivity contribution in [1.29, 1.82) is 0 Å². The number of hydrogen-bond donors (Lipinski definition) is 0. The third-order valence-corrected chi connectivity index (χ3v) is 2.57. The number of benzene rings is 1. The van der Waals surface area contributed by atoms with Gasteiger partial charge in [0.2, 0.25) is 0 Å². The van der Waals surface area contributed by atoms with E-state index in [1.165, 1.54) is 12.1 Å². The van der Waals surface area contributed by atoms with Crippen molar-refractivity contribution in [2.24, 2.45) is 0 Å². The van der Waals surface area contributed by atoms with Crippen LogP contribution >= 0.6 is 0 Å². The first kappa shape index (κ1) is 11.4. The highest BCUT2D eigenvalue weighted by molar-refractivity contribution is 5.37. The second-order valence-electron chi connectivity index (χ2n) is 3.72. The van der Waals surface area contributed by atoms with E-state index in [2.05, 4.69) is 0 Å². The van der Waals surface area contributed by atoms with Gasteiger partial charge in [-0.2, -0.15) is 0 Å². The lowest BCUT2D eigenvalue weighted by molar-refractivity contribution is -0.150. The fourth-order valence-corrected chi connectivity index (χ4v) is 1.82. The minimum Gasteiger partial charge on any atom is -0.493 e. The molecule has 0 bridgehead atoms. The molecule has 3 nitrogen and oxygen atoms in total. The van der Waals surface area contributed by atoms with Gasteiger partial charge in [0.1, 0.15) is 11.6 Å². The molecule has 0 N–H and O–H groups in total. The van der Waals surface area contributed by atoms with E-state index in [0.29, 0.717) is 25.6 Å². The molecule has 1 saturated heterocycles. The van der Waals surface area contributed by atoms with Gasteiger partial charge in [0.15, 0.2) is 5.79 Å². The summed E-state index contributed by atoms with van der Waals surface area (Å²) >= 11 is 0. The van der Waals surface area contributed by atoms with Gasteiger partial charge in [0.25, 0.3) is 0 Å². The Morgan fingerprint density at radius 3 is 2.69 bits per heavy atom. The SMILES string of the molecule is CCOc1cc(F)ccc1C1(C)OCCO1. The summed E-state index contributed by atoms with van der Waals surface area (Å²) in [5.41, 5.74) is 0.730. The van der Waals surface area contributed by atoms with Crippen molar-refractivity contribution in [3.63, 3.8) is 0 Å². The molecule has 1 fully saturated rings. The molecule has 88 valence electrons. The zero-order chi connectivity index (χ0) is 11.6. The molecule has 0 spiro atoms. The average Bonchev–Trinajstić information content (AvgIpc) is 2.66. The average molecular weight is 226 g/mol. The van der Waals surface area contributed by atoms with E-state index in [-0.39, 0.29) is 5.82 Å². The standard InChI is InChI=1S/C12H15FO3/c1-3-14-11-8-9(13)4-5-10(11)12(2)15-6-7-16-12/h4-5,8H,3,6-7H2,1-2H3. The van der Waals surface area contributed by atoms with Crippen LogP contribution in [0.2, 0.25) is 0 Å². The van der Waals surface area contributed by atoms with E-state index in [9.17, 15) is 4.39 Å². The number of rotatable bonds is 3. The molecule has 1 heterocycles. The summed E-state index contributed by atoms with van der Waals surface area (Å²) < 4.78 is 29.6. The molecular weight excluding hydrogens is 211 g/mol. The topological polar surface area (TPSA) is 27.7 Å². The van der Waals surface area contributed by atoms with E-state index in [4.69, 9.17) is 14.2 Å². The summed E-state index contributed by atoms with van der Waals surface area (Å²) in [4.78, 5) is 0. The van der Waals surface area contributed by atoms with Crippen LogP contribution in [0.15, 0.2) is 18.2 Å². The van der Waals surface area contributed by atoms with Crippen LogP contribution in [0.25, 0.3) is 0 Å².